The zero-order valence-corrected chi connectivity index (χ0v) is 15.2. The number of alkyl carbamates (subject to hydrolysis) is 1. The molecule has 0 heterocycles. The van der Waals surface area contributed by atoms with Crippen molar-refractivity contribution in [1.82, 2.24) is 5.32 Å². The van der Waals surface area contributed by atoms with Crippen LogP contribution in [-0.2, 0) is 9.53 Å². The first kappa shape index (κ1) is 18.5. The summed E-state index contributed by atoms with van der Waals surface area (Å²) in [5, 5.41) is 5.43. The molecule has 0 bridgehead atoms. The van der Waals surface area contributed by atoms with Gasteiger partial charge in [0, 0.05) is 4.47 Å². The molecule has 1 aromatic carbocycles. The number of halogens is 1. The van der Waals surface area contributed by atoms with Crippen LogP contribution in [0, 0.1) is 5.92 Å². The van der Waals surface area contributed by atoms with Gasteiger partial charge in [0.2, 0.25) is 5.91 Å². The van der Waals surface area contributed by atoms with E-state index in [2.05, 4.69) is 26.6 Å². The smallest absolute Gasteiger partial charge is 0.408 e. The standard InChI is InChI=1S/C16H23BrN2O3/c1-10(2)13(19-15(21)22-16(3,4)5)14(20)18-12-9-7-6-8-11(12)17/h6-10,13H,1-5H3,(H,18,20)(H,19,21). The summed E-state index contributed by atoms with van der Waals surface area (Å²) in [4.78, 5) is 24.3. The van der Waals surface area contributed by atoms with Gasteiger partial charge in [0.15, 0.2) is 0 Å². The highest BCUT2D eigenvalue weighted by atomic mass is 79.9. The van der Waals surface area contributed by atoms with E-state index in [4.69, 9.17) is 4.74 Å². The van der Waals surface area contributed by atoms with Gasteiger partial charge in [0.25, 0.3) is 0 Å². The number of hydrogen-bond donors (Lipinski definition) is 2. The summed E-state index contributed by atoms with van der Waals surface area (Å²) < 4.78 is 5.98. The molecule has 1 rings (SSSR count). The summed E-state index contributed by atoms with van der Waals surface area (Å²) >= 11 is 3.37. The van der Waals surface area contributed by atoms with Gasteiger partial charge in [-0.15, -0.1) is 0 Å². The Morgan fingerprint density at radius 1 is 1.18 bits per heavy atom. The van der Waals surface area contributed by atoms with Crippen molar-refractivity contribution >= 4 is 33.6 Å². The van der Waals surface area contributed by atoms with Crippen LogP contribution in [0.4, 0.5) is 10.5 Å². The van der Waals surface area contributed by atoms with E-state index in [-0.39, 0.29) is 11.8 Å². The third-order valence-corrected chi connectivity index (χ3v) is 3.44. The number of anilines is 1. The number of ether oxygens (including phenoxy) is 1. The number of hydrogen-bond acceptors (Lipinski definition) is 3. The summed E-state index contributed by atoms with van der Waals surface area (Å²) in [5.74, 6) is -0.359. The first-order valence-corrected chi connectivity index (χ1v) is 7.94. The number of para-hydroxylation sites is 1. The van der Waals surface area contributed by atoms with E-state index in [1.54, 1.807) is 26.8 Å². The normalized spacial score (nSPS) is 12.7. The topological polar surface area (TPSA) is 67.4 Å². The largest absolute Gasteiger partial charge is 0.444 e. The van der Waals surface area contributed by atoms with E-state index in [1.807, 2.05) is 32.0 Å². The second-order valence-corrected chi connectivity index (χ2v) is 7.19. The Kier molecular flexibility index (Phi) is 6.41. The molecular weight excluding hydrogens is 348 g/mol. The molecule has 1 atom stereocenters. The first-order valence-electron chi connectivity index (χ1n) is 7.15. The minimum atomic E-state index is -0.679. The van der Waals surface area contributed by atoms with Crippen LogP contribution in [0.1, 0.15) is 34.6 Å². The van der Waals surface area contributed by atoms with E-state index in [9.17, 15) is 9.59 Å². The molecular formula is C16H23BrN2O3. The number of amides is 2. The Morgan fingerprint density at radius 3 is 2.27 bits per heavy atom. The fourth-order valence-corrected chi connectivity index (χ4v) is 2.13. The molecule has 5 nitrogen and oxygen atoms in total. The summed E-state index contributed by atoms with van der Waals surface area (Å²) in [6, 6.07) is 6.63. The number of carbonyl (C=O) groups is 2. The molecule has 1 aromatic rings. The van der Waals surface area contributed by atoms with Crippen molar-refractivity contribution in [3.63, 3.8) is 0 Å². The fourth-order valence-electron chi connectivity index (χ4n) is 1.74. The molecule has 0 aliphatic heterocycles. The molecule has 0 aliphatic carbocycles. The van der Waals surface area contributed by atoms with Crippen molar-refractivity contribution < 1.29 is 14.3 Å². The highest BCUT2D eigenvalue weighted by Crippen LogP contribution is 2.21. The number of benzene rings is 1. The van der Waals surface area contributed by atoms with Gasteiger partial charge in [-0.1, -0.05) is 26.0 Å². The Labute approximate surface area is 139 Å². The van der Waals surface area contributed by atoms with Crippen molar-refractivity contribution in [2.75, 3.05) is 5.32 Å². The highest BCUT2D eigenvalue weighted by Gasteiger charge is 2.27. The molecule has 122 valence electrons. The van der Waals surface area contributed by atoms with Crippen LogP contribution in [-0.4, -0.2) is 23.6 Å². The van der Waals surface area contributed by atoms with Crippen molar-refractivity contribution in [3.05, 3.63) is 28.7 Å². The molecule has 0 saturated carbocycles. The number of carbonyl (C=O) groups excluding carboxylic acids is 2. The lowest BCUT2D eigenvalue weighted by molar-refractivity contribution is -0.119. The lowest BCUT2D eigenvalue weighted by Gasteiger charge is -2.25. The molecule has 0 radical (unpaired) electrons. The van der Waals surface area contributed by atoms with Gasteiger partial charge in [-0.2, -0.15) is 0 Å². The SMILES string of the molecule is CC(C)C(NC(=O)OC(C)(C)C)C(=O)Nc1ccccc1Br. The van der Waals surface area contributed by atoms with Crippen LogP contribution in [0.3, 0.4) is 0 Å². The number of nitrogens with one attached hydrogen (secondary N) is 2. The molecule has 22 heavy (non-hydrogen) atoms. The molecule has 0 aliphatic rings. The van der Waals surface area contributed by atoms with Crippen LogP contribution in [0.15, 0.2) is 28.7 Å². The Balaban J connectivity index is 2.77. The quantitative estimate of drug-likeness (QED) is 0.843. The summed E-state index contributed by atoms with van der Waals surface area (Å²) in [6.45, 7) is 9.05. The third kappa shape index (κ3) is 6.05. The maximum Gasteiger partial charge on any atom is 0.408 e. The van der Waals surface area contributed by atoms with Gasteiger partial charge in [-0.05, 0) is 54.8 Å². The second-order valence-electron chi connectivity index (χ2n) is 6.34. The fraction of sp³-hybridized carbons (Fsp3) is 0.500. The maximum absolute atomic E-state index is 12.4. The zero-order chi connectivity index (χ0) is 16.9. The zero-order valence-electron chi connectivity index (χ0n) is 13.6. The lowest BCUT2D eigenvalue weighted by Crippen LogP contribution is -2.48. The van der Waals surface area contributed by atoms with Crippen molar-refractivity contribution in [2.24, 2.45) is 5.92 Å². The van der Waals surface area contributed by atoms with Crippen molar-refractivity contribution in [1.29, 1.82) is 0 Å². The van der Waals surface area contributed by atoms with Gasteiger partial charge in [0.1, 0.15) is 11.6 Å². The molecule has 0 spiro atoms. The summed E-state index contributed by atoms with van der Waals surface area (Å²) in [7, 11) is 0. The van der Waals surface area contributed by atoms with E-state index >= 15 is 0 Å². The number of rotatable bonds is 4. The highest BCUT2D eigenvalue weighted by molar-refractivity contribution is 9.10. The minimum absolute atomic E-state index is 0.0741. The predicted molar refractivity (Wildman–Crippen MR) is 90.8 cm³/mol. The monoisotopic (exact) mass is 370 g/mol. The Bertz CT molecular complexity index is 538. The van der Waals surface area contributed by atoms with Gasteiger partial charge in [-0.3, -0.25) is 4.79 Å². The predicted octanol–water partition coefficient (Wildman–Crippen LogP) is 3.94. The summed E-state index contributed by atoms with van der Waals surface area (Å²) in [6.07, 6.45) is -0.603. The molecule has 2 amide bonds. The average molecular weight is 371 g/mol. The van der Waals surface area contributed by atoms with E-state index in [0.29, 0.717) is 5.69 Å². The molecule has 2 N–H and O–H groups in total. The van der Waals surface area contributed by atoms with E-state index in [0.717, 1.165) is 4.47 Å². The third-order valence-electron chi connectivity index (χ3n) is 2.75. The lowest BCUT2D eigenvalue weighted by atomic mass is 10.0. The first-order chi connectivity index (χ1) is 10.1. The van der Waals surface area contributed by atoms with Crippen LogP contribution in [0.25, 0.3) is 0 Å². The molecule has 0 saturated heterocycles. The van der Waals surface area contributed by atoms with Crippen molar-refractivity contribution in [3.8, 4) is 0 Å². The average Bonchev–Trinajstić information content (AvgIpc) is 2.36. The van der Waals surface area contributed by atoms with E-state index < -0.39 is 17.7 Å². The van der Waals surface area contributed by atoms with Crippen LogP contribution >= 0.6 is 15.9 Å². The molecule has 1 unspecified atom stereocenters. The van der Waals surface area contributed by atoms with Crippen LogP contribution < -0.4 is 10.6 Å². The second kappa shape index (κ2) is 7.63. The molecule has 6 heteroatoms. The van der Waals surface area contributed by atoms with Crippen molar-refractivity contribution in [2.45, 2.75) is 46.3 Å². The molecule has 0 fully saturated rings. The van der Waals surface area contributed by atoms with Gasteiger partial charge < -0.3 is 15.4 Å². The van der Waals surface area contributed by atoms with E-state index in [1.165, 1.54) is 0 Å². The van der Waals surface area contributed by atoms with Gasteiger partial charge in [-0.25, -0.2) is 4.79 Å². The molecule has 0 aromatic heterocycles. The Hall–Kier alpha value is -1.56. The van der Waals surface area contributed by atoms with Crippen LogP contribution in [0.5, 0.6) is 0 Å². The van der Waals surface area contributed by atoms with Gasteiger partial charge >= 0.3 is 6.09 Å². The van der Waals surface area contributed by atoms with Crippen LogP contribution in [0.2, 0.25) is 0 Å². The minimum Gasteiger partial charge on any atom is -0.444 e. The maximum atomic E-state index is 12.4. The summed E-state index contributed by atoms with van der Waals surface area (Å²) in [5.41, 5.74) is 0.0500. The van der Waals surface area contributed by atoms with Gasteiger partial charge in [0.05, 0.1) is 5.69 Å². The Morgan fingerprint density at radius 2 is 1.77 bits per heavy atom.